The lowest BCUT2D eigenvalue weighted by Gasteiger charge is -2.13. The molecule has 1 aliphatic carbocycles. The van der Waals surface area contributed by atoms with Crippen LogP contribution in [-0.2, 0) is 6.42 Å². The maximum Gasteiger partial charge on any atom is 0.251 e. The maximum atomic E-state index is 12.0. The third kappa shape index (κ3) is 2.42. The van der Waals surface area contributed by atoms with Crippen molar-refractivity contribution in [2.24, 2.45) is 5.73 Å². The summed E-state index contributed by atoms with van der Waals surface area (Å²) in [5.74, 6) is 0.0315. The zero-order chi connectivity index (χ0) is 11.6. The first-order valence-corrected chi connectivity index (χ1v) is 5.75. The SMILES string of the molecule is CC1(NC(=O)c2ccccc2CCN)CC1. The molecule has 16 heavy (non-hydrogen) atoms. The van der Waals surface area contributed by atoms with E-state index in [0.717, 1.165) is 30.4 Å². The number of hydrogen-bond donors (Lipinski definition) is 2. The average molecular weight is 218 g/mol. The van der Waals surface area contributed by atoms with Gasteiger partial charge < -0.3 is 11.1 Å². The fourth-order valence-electron chi connectivity index (χ4n) is 1.77. The molecule has 2 rings (SSSR count). The number of carbonyl (C=O) groups excluding carboxylic acids is 1. The van der Waals surface area contributed by atoms with E-state index in [-0.39, 0.29) is 11.4 Å². The van der Waals surface area contributed by atoms with Gasteiger partial charge in [-0.25, -0.2) is 0 Å². The molecule has 0 unspecified atom stereocenters. The Morgan fingerprint density at radius 1 is 1.44 bits per heavy atom. The van der Waals surface area contributed by atoms with E-state index in [9.17, 15) is 4.79 Å². The van der Waals surface area contributed by atoms with Gasteiger partial charge in [-0.2, -0.15) is 0 Å². The van der Waals surface area contributed by atoms with Gasteiger partial charge in [0.1, 0.15) is 0 Å². The molecule has 0 spiro atoms. The molecule has 0 aliphatic heterocycles. The van der Waals surface area contributed by atoms with Crippen LogP contribution in [-0.4, -0.2) is 18.0 Å². The van der Waals surface area contributed by atoms with Crippen LogP contribution in [0.5, 0.6) is 0 Å². The van der Waals surface area contributed by atoms with Crippen molar-refractivity contribution < 1.29 is 4.79 Å². The number of carbonyl (C=O) groups is 1. The summed E-state index contributed by atoms with van der Waals surface area (Å²) in [4.78, 5) is 12.0. The second kappa shape index (κ2) is 4.26. The van der Waals surface area contributed by atoms with Gasteiger partial charge in [0.05, 0.1) is 0 Å². The molecule has 0 bridgehead atoms. The molecule has 3 nitrogen and oxygen atoms in total. The Morgan fingerprint density at radius 3 is 2.75 bits per heavy atom. The fraction of sp³-hybridized carbons (Fsp3) is 0.462. The molecule has 1 amide bonds. The van der Waals surface area contributed by atoms with Gasteiger partial charge in [0.2, 0.25) is 0 Å². The Morgan fingerprint density at radius 2 is 2.12 bits per heavy atom. The Bertz CT molecular complexity index is 397. The first-order chi connectivity index (χ1) is 7.64. The molecule has 1 fully saturated rings. The van der Waals surface area contributed by atoms with E-state index in [0.29, 0.717) is 6.54 Å². The third-order valence-electron chi connectivity index (χ3n) is 3.09. The minimum absolute atomic E-state index is 0.0315. The normalized spacial score (nSPS) is 16.9. The Labute approximate surface area is 96.0 Å². The maximum absolute atomic E-state index is 12.0. The van der Waals surface area contributed by atoms with Gasteiger partial charge in [0.15, 0.2) is 0 Å². The van der Waals surface area contributed by atoms with Crippen LogP contribution in [0.1, 0.15) is 35.7 Å². The van der Waals surface area contributed by atoms with Crippen molar-refractivity contribution in [2.75, 3.05) is 6.54 Å². The van der Waals surface area contributed by atoms with E-state index >= 15 is 0 Å². The lowest BCUT2D eigenvalue weighted by molar-refractivity contribution is 0.0934. The summed E-state index contributed by atoms with van der Waals surface area (Å²) >= 11 is 0. The summed E-state index contributed by atoms with van der Waals surface area (Å²) in [5.41, 5.74) is 7.37. The monoisotopic (exact) mass is 218 g/mol. The molecule has 1 saturated carbocycles. The quantitative estimate of drug-likeness (QED) is 0.804. The summed E-state index contributed by atoms with van der Waals surface area (Å²) in [5, 5.41) is 3.07. The summed E-state index contributed by atoms with van der Waals surface area (Å²) in [6, 6.07) is 7.67. The Hall–Kier alpha value is -1.35. The van der Waals surface area contributed by atoms with Crippen molar-refractivity contribution >= 4 is 5.91 Å². The molecule has 0 heterocycles. The van der Waals surface area contributed by atoms with E-state index in [2.05, 4.69) is 12.2 Å². The minimum Gasteiger partial charge on any atom is -0.347 e. The highest BCUT2D eigenvalue weighted by Crippen LogP contribution is 2.34. The van der Waals surface area contributed by atoms with Crippen LogP contribution >= 0.6 is 0 Å². The summed E-state index contributed by atoms with van der Waals surface area (Å²) in [6.45, 7) is 2.65. The molecule has 0 radical (unpaired) electrons. The number of amides is 1. The Balaban J connectivity index is 2.15. The van der Waals surface area contributed by atoms with Crippen LogP contribution in [0.15, 0.2) is 24.3 Å². The molecule has 1 aliphatic rings. The molecular weight excluding hydrogens is 200 g/mol. The molecule has 0 saturated heterocycles. The van der Waals surface area contributed by atoms with Crippen molar-refractivity contribution in [3.8, 4) is 0 Å². The van der Waals surface area contributed by atoms with Gasteiger partial charge in [-0.05, 0) is 44.4 Å². The lowest BCUT2D eigenvalue weighted by atomic mass is 10.0. The van der Waals surface area contributed by atoms with Crippen LogP contribution in [0.25, 0.3) is 0 Å². The van der Waals surface area contributed by atoms with Gasteiger partial charge in [0.25, 0.3) is 5.91 Å². The molecule has 3 heteroatoms. The van der Waals surface area contributed by atoms with E-state index in [4.69, 9.17) is 5.73 Å². The van der Waals surface area contributed by atoms with E-state index < -0.39 is 0 Å². The number of nitrogens with two attached hydrogens (primary N) is 1. The van der Waals surface area contributed by atoms with Crippen LogP contribution in [0.4, 0.5) is 0 Å². The zero-order valence-corrected chi connectivity index (χ0v) is 9.62. The number of hydrogen-bond acceptors (Lipinski definition) is 2. The summed E-state index contributed by atoms with van der Waals surface area (Å²) < 4.78 is 0. The van der Waals surface area contributed by atoms with Crippen molar-refractivity contribution in [3.05, 3.63) is 35.4 Å². The highest BCUT2D eigenvalue weighted by molar-refractivity contribution is 5.96. The zero-order valence-electron chi connectivity index (χ0n) is 9.62. The van der Waals surface area contributed by atoms with E-state index in [1.807, 2.05) is 24.3 Å². The first kappa shape index (κ1) is 11.1. The molecule has 1 aromatic rings. The van der Waals surface area contributed by atoms with Crippen molar-refractivity contribution in [2.45, 2.75) is 31.7 Å². The topological polar surface area (TPSA) is 55.1 Å². The molecular formula is C13H18N2O. The van der Waals surface area contributed by atoms with Crippen molar-refractivity contribution in [1.82, 2.24) is 5.32 Å². The van der Waals surface area contributed by atoms with Crippen LogP contribution < -0.4 is 11.1 Å². The molecule has 0 aromatic heterocycles. The highest BCUT2D eigenvalue weighted by atomic mass is 16.1. The highest BCUT2D eigenvalue weighted by Gasteiger charge is 2.38. The van der Waals surface area contributed by atoms with Gasteiger partial charge >= 0.3 is 0 Å². The van der Waals surface area contributed by atoms with Crippen molar-refractivity contribution in [3.63, 3.8) is 0 Å². The summed E-state index contributed by atoms with van der Waals surface area (Å²) in [6.07, 6.45) is 2.91. The second-order valence-electron chi connectivity index (χ2n) is 4.71. The van der Waals surface area contributed by atoms with Gasteiger partial charge in [0, 0.05) is 11.1 Å². The largest absolute Gasteiger partial charge is 0.347 e. The van der Waals surface area contributed by atoms with Crippen molar-refractivity contribution in [1.29, 1.82) is 0 Å². The fourth-order valence-corrected chi connectivity index (χ4v) is 1.77. The first-order valence-electron chi connectivity index (χ1n) is 5.75. The van der Waals surface area contributed by atoms with E-state index in [1.54, 1.807) is 0 Å². The smallest absolute Gasteiger partial charge is 0.251 e. The second-order valence-corrected chi connectivity index (χ2v) is 4.71. The predicted molar refractivity (Wildman–Crippen MR) is 64.3 cm³/mol. The molecule has 0 atom stereocenters. The van der Waals surface area contributed by atoms with Gasteiger partial charge in [-0.15, -0.1) is 0 Å². The number of nitrogens with one attached hydrogen (secondary N) is 1. The van der Waals surface area contributed by atoms with Crippen LogP contribution in [0, 0.1) is 0 Å². The average Bonchev–Trinajstić information content (AvgIpc) is 2.97. The summed E-state index contributed by atoms with van der Waals surface area (Å²) in [7, 11) is 0. The third-order valence-corrected chi connectivity index (χ3v) is 3.09. The lowest BCUT2D eigenvalue weighted by Crippen LogP contribution is -2.34. The van der Waals surface area contributed by atoms with Crippen LogP contribution in [0.2, 0.25) is 0 Å². The predicted octanol–water partition coefficient (Wildman–Crippen LogP) is 1.47. The molecule has 1 aromatic carbocycles. The van der Waals surface area contributed by atoms with Gasteiger partial charge in [-0.3, -0.25) is 4.79 Å². The van der Waals surface area contributed by atoms with Crippen LogP contribution in [0.3, 0.4) is 0 Å². The standard InChI is InChI=1S/C13H18N2O/c1-13(7-8-13)15-12(16)11-5-3-2-4-10(11)6-9-14/h2-5H,6-9,14H2,1H3,(H,15,16). The number of rotatable bonds is 4. The Kier molecular flexibility index (Phi) is 2.97. The molecule has 86 valence electrons. The van der Waals surface area contributed by atoms with E-state index in [1.165, 1.54) is 0 Å². The number of benzene rings is 1. The minimum atomic E-state index is 0.0315. The molecule has 3 N–H and O–H groups in total. The van der Waals surface area contributed by atoms with Gasteiger partial charge in [-0.1, -0.05) is 18.2 Å².